The number of piperidine rings is 1. The zero-order valence-corrected chi connectivity index (χ0v) is 14.3. The smallest absolute Gasteiger partial charge is 0.133 e. The number of aliphatic hydroxyl groups excluding tert-OH is 1. The van der Waals surface area contributed by atoms with E-state index in [0.29, 0.717) is 6.54 Å². The summed E-state index contributed by atoms with van der Waals surface area (Å²) in [6.07, 6.45) is 5.19. The molecular formula is C18H28N4O2. The van der Waals surface area contributed by atoms with Crippen LogP contribution in [0.2, 0.25) is 0 Å². The van der Waals surface area contributed by atoms with Gasteiger partial charge in [0.2, 0.25) is 0 Å². The van der Waals surface area contributed by atoms with Gasteiger partial charge in [0.15, 0.2) is 0 Å². The second kappa shape index (κ2) is 8.55. The van der Waals surface area contributed by atoms with Gasteiger partial charge in [-0.05, 0) is 43.5 Å². The third kappa shape index (κ3) is 4.53. The van der Waals surface area contributed by atoms with E-state index in [0.717, 1.165) is 62.9 Å². The molecule has 0 unspecified atom stereocenters. The van der Waals surface area contributed by atoms with E-state index >= 15 is 0 Å². The monoisotopic (exact) mass is 332 g/mol. The maximum Gasteiger partial charge on any atom is 0.133 e. The molecule has 0 atom stereocenters. The Hall–Kier alpha value is -1.50. The average molecular weight is 332 g/mol. The molecule has 0 bridgehead atoms. The first kappa shape index (κ1) is 17.3. The van der Waals surface area contributed by atoms with Crippen molar-refractivity contribution in [2.24, 2.45) is 5.92 Å². The molecule has 2 fully saturated rings. The van der Waals surface area contributed by atoms with Gasteiger partial charge in [-0.1, -0.05) is 6.07 Å². The lowest BCUT2D eigenvalue weighted by molar-refractivity contribution is -0.109. The summed E-state index contributed by atoms with van der Waals surface area (Å²) in [4.78, 5) is 22.2. The molecular weight excluding hydrogens is 304 g/mol. The van der Waals surface area contributed by atoms with Crippen LogP contribution in [0.5, 0.6) is 0 Å². The maximum atomic E-state index is 10.6. The summed E-state index contributed by atoms with van der Waals surface area (Å²) in [7, 11) is 0. The normalized spacial score (nSPS) is 21.1. The van der Waals surface area contributed by atoms with Gasteiger partial charge >= 0.3 is 0 Å². The van der Waals surface area contributed by atoms with Gasteiger partial charge in [-0.25, -0.2) is 4.98 Å². The Kier molecular flexibility index (Phi) is 6.18. The topological polar surface area (TPSA) is 59.9 Å². The fourth-order valence-corrected chi connectivity index (χ4v) is 3.68. The molecule has 1 aromatic heterocycles. The third-order valence-corrected chi connectivity index (χ3v) is 5.24. The van der Waals surface area contributed by atoms with Crippen molar-refractivity contribution in [3.05, 3.63) is 23.9 Å². The zero-order chi connectivity index (χ0) is 16.8. The fourth-order valence-electron chi connectivity index (χ4n) is 3.68. The molecule has 132 valence electrons. The van der Waals surface area contributed by atoms with Crippen LogP contribution in [0.3, 0.4) is 0 Å². The number of pyridine rings is 1. The van der Waals surface area contributed by atoms with Crippen molar-refractivity contribution in [1.29, 1.82) is 0 Å². The molecule has 0 aliphatic carbocycles. The molecule has 0 amide bonds. The highest BCUT2D eigenvalue weighted by atomic mass is 16.3. The number of aldehydes is 1. The number of aliphatic hydroxyl groups is 1. The summed E-state index contributed by atoms with van der Waals surface area (Å²) in [5, 5.41) is 9.10. The highest BCUT2D eigenvalue weighted by Crippen LogP contribution is 2.20. The van der Waals surface area contributed by atoms with E-state index in [9.17, 15) is 4.79 Å². The van der Waals surface area contributed by atoms with Gasteiger partial charge in [-0.3, -0.25) is 9.80 Å². The molecule has 3 rings (SSSR count). The summed E-state index contributed by atoms with van der Waals surface area (Å²) >= 11 is 0. The number of likely N-dealkylation sites (tertiary alicyclic amines) is 1. The number of carbonyl (C=O) groups is 1. The van der Waals surface area contributed by atoms with Crippen molar-refractivity contribution < 1.29 is 9.90 Å². The minimum Gasteiger partial charge on any atom is -0.392 e. The summed E-state index contributed by atoms with van der Waals surface area (Å²) < 4.78 is 0. The Morgan fingerprint density at radius 3 is 2.42 bits per heavy atom. The number of piperazine rings is 1. The first-order valence-electron chi connectivity index (χ1n) is 8.97. The van der Waals surface area contributed by atoms with E-state index in [1.807, 2.05) is 12.1 Å². The first-order chi connectivity index (χ1) is 11.8. The number of nitrogens with zero attached hydrogens (tertiary/aromatic N) is 4. The summed E-state index contributed by atoms with van der Waals surface area (Å²) in [5.41, 5.74) is 0.860. The molecule has 6 nitrogen and oxygen atoms in total. The Morgan fingerprint density at radius 2 is 1.83 bits per heavy atom. The predicted molar refractivity (Wildman–Crippen MR) is 94.0 cm³/mol. The Morgan fingerprint density at radius 1 is 1.08 bits per heavy atom. The quantitative estimate of drug-likeness (QED) is 0.770. The van der Waals surface area contributed by atoms with Gasteiger partial charge < -0.3 is 14.8 Å². The standard InChI is InChI=1S/C18H28N4O2/c23-12-11-20-5-3-16(4-6-20)14-21-7-9-22(10-8-21)18-2-1-17(15-24)13-19-18/h1-2,12-13,16,24H,3-11,14-15H2. The van der Waals surface area contributed by atoms with Crippen LogP contribution in [0.15, 0.2) is 18.3 Å². The van der Waals surface area contributed by atoms with Crippen LogP contribution in [0.25, 0.3) is 0 Å². The van der Waals surface area contributed by atoms with Crippen LogP contribution in [-0.2, 0) is 11.4 Å². The Labute approximate surface area is 144 Å². The van der Waals surface area contributed by atoms with Crippen LogP contribution in [-0.4, -0.2) is 78.5 Å². The SMILES string of the molecule is O=CCN1CCC(CN2CCN(c3ccc(CO)cn3)CC2)CC1. The number of hydrogen-bond donors (Lipinski definition) is 1. The average Bonchev–Trinajstić information content (AvgIpc) is 2.64. The Balaban J connectivity index is 1.41. The van der Waals surface area contributed by atoms with E-state index in [1.165, 1.54) is 19.4 Å². The molecule has 1 N–H and O–H groups in total. The number of carbonyl (C=O) groups excluding carboxylic acids is 1. The molecule has 3 heterocycles. The molecule has 24 heavy (non-hydrogen) atoms. The molecule has 2 aliphatic rings. The van der Waals surface area contributed by atoms with Crippen LogP contribution >= 0.6 is 0 Å². The van der Waals surface area contributed by atoms with Crippen LogP contribution in [0, 0.1) is 5.92 Å². The summed E-state index contributed by atoms with van der Waals surface area (Å²) in [6, 6.07) is 3.95. The van der Waals surface area contributed by atoms with Gasteiger partial charge in [0, 0.05) is 38.9 Å². The molecule has 1 aromatic rings. The van der Waals surface area contributed by atoms with Crippen LogP contribution < -0.4 is 4.90 Å². The van der Waals surface area contributed by atoms with Gasteiger partial charge in [0.05, 0.1) is 13.2 Å². The predicted octanol–water partition coefficient (Wildman–Crippen LogP) is 0.607. The second-order valence-corrected chi connectivity index (χ2v) is 6.88. The summed E-state index contributed by atoms with van der Waals surface area (Å²) in [6.45, 7) is 8.12. The van der Waals surface area contributed by atoms with E-state index in [4.69, 9.17) is 5.11 Å². The minimum absolute atomic E-state index is 0.0483. The largest absolute Gasteiger partial charge is 0.392 e. The minimum atomic E-state index is 0.0483. The van der Waals surface area contributed by atoms with Gasteiger partial charge in [-0.15, -0.1) is 0 Å². The molecule has 0 aromatic carbocycles. The highest BCUT2D eigenvalue weighted by molar-refractivity contribution is 5.51. The van der Waals surface area contributed by atoms with E-state index < -0.39 is 0 Å². The van der Waals surface area contributed by atoms with Gasteiger partial charge in [-0.2, -0.15) is 0 Å². The number of anilines is 1. The lowest BCUT2D eigenvalue weighted by Gasteiger charge is -2.39. The highest BCUT2D eigenvalue weighted by Gasteiger charge is 2.24. The van der Waals surface area contributed by atoms with Crippen LogP contribution in [0.1, 0.15) is 18.4 Å². The van der Waals surface area contributed by atoms with Gasteiger partial charge in [0.25, 0.3) is 0 Å². The molecule has 6 heteroatoms. The van der Waals surface area contributed by atoms with Crippen molar-refractivity contribution in [2.45, 2.75) is 19.4 Å². The number of hydrogen-bond acceptors (Lipinski definition) is 6. The molecule has 0 spiro atoms. The van der Waals surface area contributed by atoms with E-state index in [1.54, 1.807) is 6.20 Å². The van der Waals surface area contributed by atoms with Crippen molar-refractivity contribution in [2.75, 3.05) is 57.3 Å². The second-order valence-electron chi connectivity index (χ2n) is 6.88. The van der Waals surface area contributed by atoms with Crippen molar-refractivity contribution >= 4 is 12.1 Å². The van der Waals surface area contributed by atoms with Crippen molar-refractivity contribution in [3.63, 3.8) is 0 Å². The maximum absolute atomic E-state index is 10.6. The lowest BCUT2D eigenvalue weighted by Crippen LogP contribution is -2.49. The van der Waals surface area contributed by atoms with Crippen molar-refractivity contribution in [1.82, 2.24) is 14.8 Å². The van der Waals surface area contributed by atoms with E-state index in [-0.39, 0.29) is 6.61 Å². The van der Waals surface area contributed by atoms with Crippen molar-refractivity contribution in [3.8, 4) is 0 Å². The molecule has 2 aliphatic heterocycles. The molecule has 0 saturated carbocycles. The molecule has 2 saturated heterocycles. The number of rotatable bonds is 6. The Bertz CT molecular complexity index is 506. The first-order valence-corrected chi connectivity index (χ1v) is 8.97. The number of aromatic nitrogens is 1. The van der Waals surface area contributed by atoms with Gasteiger partial charge in [0.1, 0.15) is 12.1 Å². The summed E-state index contributed by atoms with van der Waals surface area (Å²) in [5.74, 6) is 1.77. The molecule has 0 radical (unpaired) electrons. The zero-order valence-electron chi connectivity index (χ0n) is 14.3. The third-order valence-electron chi connectivity index (χ3n) is 5.24. The fraction of sp³-hybridized carbons (Fsp3) is 0.667. The van der Waals surface area contributed by atoms with E-state index in [2.05, 4.69) is 19.7 Å². The van der Waals surface area contributed by atoms with Crippen LogP contribution in [0.4, 0.5) is 5.82 Å². The lowest BCUT2D eigenvalue weighted by atomic mass is 9.96.